The molecule has 1 heterocycles. The van der Waals surface area contributed by atoms with E-state index in [0.717, 1.165) is 19.4 Å². The number of hydrogen-bond acceptors (Lipinski definition) is 5. The van der Waals surface area contributed by atoms with Gasteiger partial charge >= 0.3 is 0 Å². The Morgan fingerprint density at radius 3 is 2.68 bits per heavy atom. The molecule has 2 N–H and O–H groups in total. The zero-order valence-electron chi connectivity index (χ0n) is 12.7. The van der Waals surface area contributed by atoms with E-state index in [1.807, 2.05) is 0 Å². The van der Waals surface area contributed by atoms with Crippen molar-refractivity contribution in [3.05, 3.63) is 29.8 Å². The average molecular weight is 326 g/mol. The number of hydrogen-bond donors (Lipinski definition) is 2. The molecule has 1 aliphatic heterocycles. The number of carbonyl (C=O) groups excluding carboxylic acids is 1. The first-order valence-electron chi connectivity index (χ1n) is 7.36. The standard InChI is InChI=1S/C15H22N2O4S/c1-21-9-10-22(19,20)14-6-4-12(5-7-14)15(18)17-11-13-3-2-8-16-13/h4-7,13,16H,2-3,8-11H2,1H3,(H,17,18). The summed E-state index contributed by atoms with van der Waals surface area (Å²) in [6.45, 7) is 1.74. The Bertz CT molecular complexity index is 592. The number of amides is 1. The second-order valence-electron chi connectivity index (χ2n) is 5.34. The minimum Gasteiger partial charge on any atom is -0.384 e. The van der Waals surface area contributed by atoms with Crippen molar-refractivity contribution in [1.82, 2.24) is 10.6 Å². The number of nitrogens with one attached hydrogen (secondary N) is 2. The molecule has 1 aliphatic rings. The molecule has 1 unspecified atom stereocenters. The molecular weight excluding hydrogens is 304 g/mol. The van der Waals surface area contributed by atoms with Gasteiger partial charge in [0, 0.05) is 25.3 Å². The highest BCUT2D eigenvalue weighted by Gasteiger charge is 2.17. The van der Waals surface area contributed by atoms with Crippen LogP contribution in [0.5, 0.6) is 0 Å². The fourth-order valence-corrected chi connectivity index (χ4v) is 3.55. The predicted octanol–water partition coefficient (Wildman–Crippen LogP) is 0.589. The first-order valence-corrected chi connectivity index (χ1v) is 9.01. The molecule has 1 fully saturated rings. The summed E-state index contributed by atoms with van der Waals surface area (Å²) in [5.41, 5.74) is 0.462. The van der Waals surface area contributed by atoms with E-state index in [9.17, 15) is 13.2 Å². The van der Waals surface area contributed by atoms with Crippen molar-refractivity contribution >= 4 is 15.7 Å². The van der Waals surface area contributed by atoms with Gasteiger partial charge in [0.05, 0.1) is 17.3 Å². The lowest BCUT2D eigenvalue weighted by atomic mass is 10.2. The number of sulfone groups is 1. The second-order valence-corrected chi connectivity index (χ2v) is 7.45. The third kappa shape index (κ3) is 4.53. The second kappa shape index (κ2) is 7.71. The van der Waals surface area contributed by atoms with E-state index in [0.29, 0.717) is 18.2 Å². The first-order chi connectivity index (χ1) is 10.5. The highest BCUT2D eigenvalue weighted by Crippen LogP contribution is 2.13. The van der Waals surface area contributed by atoms with E-state index in [4.69, 9.17) is 4.74 Å². The van der Waals surface area contributed by atoms with E-state index in [1.165, 1.54) is 31.4 Å². The van der Waals surface area contributed by atoms with E-state index in [-0.39, 0.29) is 23.2 Å². The number of methoxy groups -OCH3 is 1. The fourth-order valence-electron chi connectivity index (χ4n) is 2.37. The van der Waals surface area contributed by atoms with Crippen LogP contribution >= 0.6 is 0 Å². The van der Waals surface area contributed by atoms with Gasteiger partial charge in [-0.3, -0.25) is 4.79 Å². The minimum atomic E-state index is -3.36. The van der Waals surface area contributed by atoms with Gasteiger partial charge in [0.15, 0.2) is 9.84 Å². The Hall–Kier alpha value is -1.44. The quantitative estimate of drug-likeness (QED) is 0.766. The summed E-state index contributed by atoms with van der Waals surface area (Å²) >= 11 is 0. The number of carbonyl (C=O) groups is 1. The van der Waals surface area contributed by atoms with E-state index >= 15 is 0 Å². The summed E-state index contributed by atoms with van der Waals surface area (Å²) in [6.07, 6.45) is 2.20. The summed E-state index contributed by atoms with van der Waals surface area (Å²) in [7, 11) is -1.90. The third-order valence-electron chi connectivity index (χ3n) is 3.70. The molecule has 0 spiro atoms. The molecule has 7 heteroatoms. The lowest BCUT2D eigenvalue weighted by Gasteiger charge is -2.11. The molecule has 6 nitrogen and oxygen atoms in total. The van der Waals surface area contributed by atoms with Crippen molar-refractivity contribution < 1.29 is 17.9 Å². The average Bonchev–Trinajstić information content (AvgIpc) is 3.04. The zero-order chi connectivity index (χ0) is 16.0. The van der Waals surface area contributed by atoms with Crippen LogP contribution < -0.4 is 10.6 Å². The minimum absolute atomic E-state index is 0.0671. The van der Waals surface area contributed by atoms with Crippen LogP contribution in [0.1, 0.15) is 23.2 Å². The molecule has 1 aromatic carbocycles. The Morgan fingerprint density at radius 2 is 2.09 bits per heavy atom. The van der Waals surface area contributed by atoms with Crippen molar-refractivity contribution in [2.24, 2.45) is 0 Å². The van der Waals surface area contributed by atoms with Crippen LogP contribution in [-0.4, -0.2) is 52.9 Å². The highest BCUT2D eigenvalue weighted by atomic mass is 32.2. The molecule has 0 radical (unpaired) electrons. The third-order valence-corrected chi connectivity index (χ3v) is 5.40. The van der Waals surface area contributed by atoms with Crippen LogP contribution in [0, 0.1) is 0 Å². The van der Waals surface area contributed by atoms with Gasteiger partial charge in [0.2, 0.25) is 0 Å². The van der Waals surface area contributed by atoms with Crippen LogP contribution in [0.4, 0.5) is 0 Å². The number of rotatable bonds is 7. The predicted molar refractivity (Wildman–Crippen MR) is 83.7 cm³/mol. The zero-order valence-corrected chi connectivity index (χ0v) is 13.5. The molecule has 1 amide bonds. The van der Waals surface area contributed by atoms with Crippen LogP contribution in [0.2, 0.25) is 0 Å². The Morgan fingerprint density at radius 1 is 1.36 bits per heavy atom. The first kappa shape index (κ1) is 16.9. The monoisotopic (exact) mass is 326 g/mol. The highest BCUT2D eigenvalue weighted by molar-refractivity contribution is 7.91. The normalized spacial score (nSPS) is 18.3. The van der Waals surface area contributed by atoms with Crippen LogP contribution in [0.25, 0.3) is 0 Å². The molecule has 0 saturated carbocycles. The van der Waals surface area contributed by atoms with Gasteiger partial charge in [0.25, 0.3) is 5.91 Å². The molecular formula is C15H22N2O4S. The maximum atomic E-state index is 12.0. The molecule has 1 aromatic rings. The Balaban J connectivity index is 1.94. The summed E-state index contributed by atoms with van der Waals surface area (Å²) < 4.78 is 28.8. The number of benzene rings is 1. The van der Waals surface area contributed by atoms with E-state index in [2.05, 4.69) is 10.6 Å². The van der Waals surface area contributed by atoms with Crippen LogP contribution in [0.15, 0.2) is 29.2 Å². The van der Waals surface area contributed by atoms with Crippen molar-refractivity contribution in [3.63, 3.8) is 0 Å². The van der Waals surface area contributed by atoms with Crippen molar-refractivity contribution in [2.45, 2.75) is 23.8 Å². The molecule has 22 heavy (non-hydrogen) atoms. The van der Waals surface area contributed by atoms with Crippen LogP contribution in [-0.2, 0) is 14.6 Å². The van der Waals surface area contributed by atoms with E-state index in [1.54, 1.807) is 0 Å². The molecule has 1 atom stereocenters. The Kier molecular flexibility index (Phi) is 5.93. The Labute approximate surface area is 131 Å². The lowest BCUT2D eigenvalue weighted by molar-refractivity contribution is 0.0950. The summed E-state index contributed by atoms with van der Waals surface area (Å²) in [4.78, 5) is 12.2. The van der Waals surface area contributed by atoms with Gasteiger partial charge in [-0.15, -0.1) is 0 Å². The van der Waals surface area contributed by atoms with Crippen molar-refractivity contribution in [1.29, 1.82) is 0 Å². The van der Waals surface area contributed by atoms with Crippen LogP contribution in [0.3, 0.4) is 0 Å². The molecule has 2 rings (SSSR count). The molecule has 0 aromatic heterocycles. The van der Waals surface area contributed by atoms with E-state index < -0.39 is 9.84 Å². The summed E-state index contributed by atoms with van der Waals surface area (Å²) in [5.74, 6) is -0.253. The lowest BCUT2D eigenvalue weighted by Crippen LogP contribution is -2.37. The van der Waals surface area contributed by atoms with Crippen molar-refractivity contribution in [3.8, 4) is 0 Å². The summed E-state index contributed by atoms with van der Waals surface area (Å²) in [5, 5.41) is 6.17. The fraction of sp³-hybridized carbons (Fsp3) is 0.533. The molecule has 0 bridgehead atoms. The van der Waals surface area contributed by atoms with Gasteiger partial charge in [-0.1, -0.05) is 0 Å². The van der Waals surface area contributed by atoms with Gasteiger partial charge in [-0.25, -0.2) is 8.42 Å². The molecule has 0 aliphatic carbocycles. The van der Waals surface area contributed by atoms with Gasteiger partial charge in [0.1, 0.15) is 0 Å². The topological polar surface area (TPSA) is 84.5 Å². The maximum absolute atomic E-state index is 12.0. The summed E-state index contributed by atoms with van der Waals surface area (Å²) in [6, 6.07) is 6.34. The van der Waals surface area contributed by atoms with Gasteiger partial charge < -0.3 is 15.4 Å². The SMILES string of the molecule is COCCS(=O)(=O)c1ccc(C(=O)NCC2CCCN2)cc1. The smallest absolute Gasteiger partial charge is 0.251 e. The maximum Gasteiger partial charge on any atom is 0.251 e. The largest absolute Gasteiger partial charge is 0.384 e. The van der Waals surface area contributed by atoms with Crippen molar-refractivity contribution in [2.75, 3.05) is 32.6 Å². The van der Waals surface area contributed by atoms with Gasteiger partial charge in [-0.05, 0) is 43.7 Å². The molecule has 122 valence electrons. The number of ether oxygens (including phenoxy) is 1. The van der Waals surface area contributed by atoms with Gasteiger partial charge in [-0.2, -0.15) is 0 Å². The molecule has 1 saturated heterocycles.